The molecule has 1 aliphatic rings. The maximum atomic E-state index is 13.5. The zero-order chi connectivity index (χ0) is 14.7. The van der Waals surface area contributed by atoms with Crippen LogP contribution in [0.3, 0.4) is 0 Å². The zero-order valence-electron chi connectivity index (χ0n) is 11.5. The van der Waals surface area contributed by atoms with Gasteiger partial charge in [-0.25, -0.2) is 4.39 Å². The average molecular weight is 351 g/mol. The van der Waals surface area contributed by atoms with Crippen LogP contribution in [-0.2, 0) is 5.33 Å². The molecule has 0 radical (unpaired) electrons. The molecule has 0 aromatic heterocycles. The van der Waals surface area contributed by atoms with Crippen molar-refractivity contribution in [3.63, 3.8) is 0 Å². The Bertz CT molecular complexity index is 630. The third-order valence-electron chi connectivity index (χ3n) is 3.62. The van der Waals surface area contributed by atoms with E-state index in [0.717, 1.165) is 17.7 Å². The van der Waals surface area contributed by atoms with Gasteiger partial charge in [0.25, 0.3) is 0 Å². The van der Waals surface area contributed by atoms with Crippen LogP contribution in [0.4, 0.5) is 4.39 Å². The number of hydrogen-bond donors (Lipinski definition) is 0. The number of para-hydroxylation sites is 1. The SMILES string of the molecule is Fc1cc(CBr)cc(OCC2CCOc3ccccc32)c1. The van der Waals surface area contributed by atoms with Crippen molar-refractivity contribution in [2.45, 2.75) is 17.7 Å². The molecule has 0 aliphatic carbocycles. The molecule has 1 aliphatic heterocycles. The predicted molar refractivity (Wildman–Crippen MR) is 83.8 cm³/mol. The quantitative estimate of drug-likeness (QED) is 0.746. The highest BCUT2D eigenvalue weighted by atomic mass is 79.9. The maximum Gasteiger partial charge on any atom is 0.127 e. The van der Waals surface area contributed by atoms with Crippen molar-refractivity contribution in [1.82, 2.24) is 0 Å². The number of halogens is 2. The summed E-state index contributed by atoms with van der Waals surface area (Å²) in [6, 6.07) is 12.8. The van der Waals surface area contributed by atoms with Crippen LogP contribution < -0.4 is 9.47 Å². The first-order valence-electron chi connectivity index (χ1n) is 6.96. The van der Waals surface area contributed by atoms with Crippen LogP contribution in [0.15, 0.2) is 42.5 Å². The van der Waals surface area contributed by atoms with Gasteiger partial charge < -0.3 is 9.47 Å². The lowest BCUT2D eigenvalue weighted by molar-refractivity contribution is 0.217. The monoisotopic (exact) mass is 350 g/mol. The molecular formula is C17H16BrFO2. The van der Waals surface area contributed by atoms with Gasteiger partial charge in [0.2, 0.25) is 0 Å². The molecule has 0 bridgehead atoms. The first kappa shape index (κ1) is 14.4. The Hall–Kier alpha value is -1.55. The van der Waals surface area contributed by atoms with Gasteiger partial charge >= 0.3 is 0 Å². The van der Waals surface area contributed by atoms with E-state index in [2.05, 4.69) is 22.0 Å². The molecule has 0 fully saturated rings. The largest absolute Gasteiger partial charge is 0.493 e. The first-order chi connectivity index (χ1) is 10.3. The Kier molecular flexibility index (Phi) is 4.44. The van der Waals surface area contributed by atoms with E-state index in [-0.39, 0.29) is 11.7 Å². The second-order valence-electron chi connectivity index (χ2n) is 5.11. The molecule has 0 spiro atoms. The highest BCUT2D eigenvalue weighted by molar-refractivity contribution is 9.08. The minimum atomic E-state index is -0.269. The molecule has 110 valence electrons. The number of ether oxygens (including phenoxy) is 2. The number of alkyl halides is 1. The van der Waals surface area contributed by atoms with Crippen LogP contribution in [0.2, 0.25) is 0 Å². The van der Waals surface area contributed by atoms with E-state index in [1.165, 1.54) is 17.7 Å². The Labute approximate surface area is 132 Å². The van der Waals surface area contributed by atoms with Crippen LogP contribution in [0.1, 0.15) is 23.5 Å². The number of fused-ring (bicyclic) bond motifs is 1. The fraction of sp³-hybridized carbons (Fsp3) is 0.294. The second kappa shape index (κ2) is 6.48. The van der Waals surface area contributed by atoms with E-state index >= 15 is 0 Å². The average Bonchev–Trinajstić information content (AvgIpc) is 2.52. The fourth-order valence-corrected chi connectivity index (χ4v) is 2.89. The summed E-state index contributed by atoms with van der Waals surface area (Å²) < 4.78 is 24.9. The van der Waals surface area contributed by atoms with Gasteiger partial charge in [0.1, 0.15) is 17.3 Å². The second-order valence-corrected chi connectivity index (χ2v) is 5.67. The molecule has 3 rings (SSSR count). The normalized spacial score (nSPS) is 17.0. The molecule has 1 unspecified atom stereocenters. The van der Waals surface area contributed by atoms with Crippen LogP contribution in [0.5, 0.6) is 11.5 Å². The molecule has 1 heterocycles. The molecule has 0 saturated carbocycles. The smallest absolute Gasteiger partial charge is 0.127 e. The summed E-state index contributed by atoms with van der Waals surface area (Å²) in [7, 11) is 0. The van der Waals surface area contributed by atoms with Gasteiger partial charge in [-0.2, -0.15) is 0 Å². The van der Waals surface area contributed by atoms with Gasteiger partial charge in [-0.1, -0.05) is 34.1 Å². The van der Waals surface area contributed by atoms with Crippen molar-refractivity contribution in [1.29, 1.82) is 0 Å². The van der Waals surface area contributed by atoms with Crippen molar-refractivity contribution in [3.8, 4) is 11.5 Å². The van der Waals surface area contributed by atoms with Crippen molar-refractivity contribution >= 4 is 15.9 Å². The van der Waals surface area contributed by atoms with E-state index in [1.807, 2.05) is 24.3 Å². The Morgan fingerprint density at radius 1 is 1.24 bits per heavy atom. The highest BCUT2D eigenvalue weighted by Gasteiger charge is 2.21. The van der Waals surface area contributed by atoms with E-state index < -0.39 is 0 Å². The molecule has 0 amide bonds. The first-order valence-corrected chi connectivity index (χ1v) is 8.08. The predicted octanol–water partition coefficient (Wildman–Crippen LogP) is 4.67. The minimum Gasteiger partial charge on any atom is -0.493 e. The van der Waals surface area contributed by atoms with Crippen LogP contribution in [-0.4, -0.2) is 13.2 Å². The van der Waals surface area contributed by atoms with Crippen molar-refractivity contribution in [2.24, 2.45) is 0 Å². The summed E-state index contributed by atoms with van der Waals surface area (Å²) in [5, 5.41) is 0.612. The van der Waals surface area contributed by atoms with E-state index in [1.54, 1.807) is 0 Å². The number of rotatable bonds is 4. The maximum absolute atomic E-state index is 13.5. The van der Waals surface area contributed by atoms with Crippen molar-refractivity contribution in [2.75, 3.05) is 13.2 Å². The lowest BCUT2D eigenvalue weighted by atomic mass is 9.94. The van der Waals surface area contributed by atoms with Gasteiger partial charge in [-0.05, 0) is 30.2 Å². The number of benzene rings is 2. The van der Waals surface area contributed by atoms with E-state index in [0.29, 0.717) is 24.3 Å². The van der Waals surface area contributed by atoms with Gasteiger partial charge in [0, 0.05) is 22.9 Å². The highest BCUT2D eigenvalue weighted by Crippen LogP contribution is 2.33. The molecular weight excluding hydrogens is 335 g/mol. The zero-order valence-corrected chi connectivity index (χ0v) is 13.1. The van der Waals surface area contributed by atoms with E-state index in [4.69, 9.17) is 9.47 Å². The van der Waals surface area contributed by atoms with E-state index in [9.17, 15) is 4.39 Å². The van der Waals surface area contributed by atoms with Gasteiger partial charge in [-0.15, -0.1) is 0 Å². The summed E-state index contributed by atoms with van der Waals surface area (Å²) in [6.45, 7) is 1.23. The molecule has 4 heteroatoms. The van der Waals surface area contributed by atoms with Crippen molar-refractivity contribution < 1.29 is 13.9 Å². The van der Waals surface area contributed by atoms with Crippen LogP contribution >= 0.6 is 15.9 Å². The third kappa shape index (κ3) is 3.38. The van der Waals surface area contributed by atoms with Gasteiger partial charge in [0.15, 0.2) is 0 Å². The summed E-state index contributed by atoms with van der Waals surface area (Å²) in [6.07, 6.45) is 0.914. The standard InChI is InChI=1S/C17H16BrFO2/c18-10-12-7-14(19)9-15(8-12)21-11-13-5-6-20-17-4-2-1-3-16(13)17/h1-4,7-9,13H,5-6,10-11H2. The molecule has 1 atom stereocenters. The lowest BCUT2D eigenvalue weighted by Gasteiger charge is -2.25. The Balaban J connectivity index is 1.73. The van der Waals surface area contributed by atoms with Crippen molar-refractivity contribution in [3.05, 3.63) is 59.4 Å². The Morgan fingerprint density at radius 3 is 2.95 bits per heavy atom. The summed E-state index contributed by atoms with van der Waals surface area (Å²) in [4.78, 5) is 0. The number of hydrogen-bond acceptors (Lipinski definition) is 2. The van der Waals surface area contributed by atoms with Crippen LogP contribution in [0, 0.1) is 5.82 Å². The molecule has 2 aromatic carbocycles. The third-order valence-corrected chi connectivity index (χ3v) is 4.27. The topological polar surface area (TPSA) is 18.5 Å². The molecule has 21 heavy (non-hydrogen) atoms. The fourth-order valence-electron chi connectivity index (χ4n) is 2.57. The summed E-state index contributed by atoms with van der Waals surface area (Å²) in [5.74, 6) is 1.52. The van der Waals surface area contributed by atoms with Gasteiger partial charge in [0.05, 0.1) is 13.2 Å². The Morgan fingerprint density at radius 2 is 2.10 bits per heavy atom. The lowest BCUT2D eigenvalue weighted by Crippen LogP contribution is -2.19. The molecule has 0 saturated heterocycles. The van der Waals surface area contributed by atoms with Crippen LogP contribution in [0.25, 0.3) is 0 Å². The molecule has 2 aromatic rings. The molecule has 0 N–H and O–H groups in total. The van der Waals surface area contributed by atoms with Gasteiger partial charge in [-0.3, -0.25) is 0 Å². The molecule has 2 nitrogen and oxygen atoms in total. The summed E-state index contributed by atoms with van der Waals surface area (Å²) in [5.41, 5.74) is 2.04. The minimum absolute atomic E-state index is 0.269. The summed E-state index contributed by atoms with van der Waals surface area (Å²) >= 11 is 3.34.